The van der Waals surface area contributed by atoms with E-state index in [1.807, 2.05) is 91.8 Å². The molecule has 0 aliphatic rings. The summed E-state index contributed by atoms with van der Waals surface area (Å²) in [4.78, 5) is 14.4. The molecular weight excluding hydrogens is 322 g/mol. The second-order valence-electron chi connectivity index (χ2n) is 6.17. The predicted molar refractivity (Wildman–Crippen MR) is 107 cm³/mol. The van der Waals surface area contributed by atoms with Gasteiger partial charge in [0, 0.05) is 25.5 Å². The third-order valence-electron chi connectivity index (χ3n) is 4.09. The van der Waals surface area contributed by atoms with E-state index in [0.29, 0.717) is 5.69 Å². The molecule has 0 heterocycles. The van der Waals surface area contributed by atoms with Gasteiger partial charge in [0.2, 0.25) is 0 Å². The van der Waals surface area contributed by atoms with Crippen LogP contribution in [0.4, 0.5) is 11.4 Å². The summed E-state index contributed by atoms with van der Waals surface area (Å²) in [7, 11) is 3.92. The normalized spacial score (nSPS) is 11.0. The maximum absolute atomic E-state index is 12.4. The first-order chi connectivity index (χ1) is 12.6. The topological polar surface area (TPSA) is 56.1 Å². The zero-order valence-corrected chi connectivity index (χ0v) is 14.7. The highest BCUT2D eigenvalue weighted by atomic mass is 16.1. The molecule has 4 nitrogen and oxygen atoms in total. The molecule has 0 fully saturated rings. The zero-order valence-electron chi connectivity index (χ0n) is 14.7. The monoisotopic (exact) mass is 341 g/mol. The molecule has 0 bridgehead atoms. The van der Waals surface area contributed by atoms with Crippen LogP contribution in [-0.4, -0.2) is 20.0 Å². The lowest BCUT2D eigenvalue weighted by Crippen LogP contribution is -2.13. The van der Waals surface area contributed by atoms with Crippen LogP contribution in [-0.2, 0) is 4.79 Å². The minimum atomic E-state index is -0.417. The Labute approximate surface area is 153 Å². The van der Waals surface area contributed by atoms with Crippen molar-refractivity contribution in [2.75, 3.05) is 24.3 Å². The summed E-state index contributed by atoms with van der Waals surface area (Å²) < 4.78 is 0. The molecule has 0 radical (unpaired) electrons. The molecule has 0 unspecified atom stereocenters. The fourth-order valence-corrected chi connectivity index (χ4v) is 2.65. The van der Waals surface area contributed by atoms with Gasteiger partial charge in [-0.3, -0.25) is 4.79 Å². The minimum absolute atomic E-state index is 0.0655. The van der Waals surface area contributed by atoms with Crippen LogP contribution in [0.25, 0.3) is 16.8 Å². The first kappa shape index (κ1) is 17.2. The number of carbonyl (C=O) groups excluding carboxylic acids is 1. The van der Waals surface area contributed by atoms with Crippen molar-refractivity contribution in [3.05, 3.63) is 77.9 Å². The number of hydrogen-bond acceptors (Lipinski definition) is 3. The van der Waals surface area contributed by atoms with Crippen LogP contribution in [0.15, 0.2) is 72.3 Å². The van der Waals surface area contributed by atoms with Gasteiger partial charge in [0.15, 0.2) is 0 Å². The van der Waals surface area contributed by atoms with Crippen molar-refractivity contribution in [1.29, 1.82) is 5.26 Å². The largest absolute Gasteiger partial charge is 0.378 e. The number of benzene rings is 3. The van der Waals surface area contributed by atoms with Gasteiger partial charge in [-0.1, -0.05) is 42.5 Å². The Morgan fingerprint density at radius 1 is 1.00 bits per heavy atom. The van der Waals surface area contributed by atoms with Crippen molar-refractivity contribution in [3.8, 4) is 6.07 Å². The fraction of sp³-hybridized carbons (Fsp3) is 0.0909. The van der Waals surface area contributed by atoms with Gasteiger partial charge in [-0.05, 0) is 46.7 Å². The fourth-order valence-electron chi connectivity index (χ4n) is 2.65. The van der Waals surface area contributed by atoms with E-state index in [9.17, 15) is 10.1 Å². The van der Waals surface area contributed by atoms with Crippen molar-refractivity contribution < 1.29 is 4.79 Å². The second-order valence-corrected chi connectivity index (χ2v) is 6.17. The maximum Gasteiger partial charge on any atom is 0.266 e. The molecule has 3 aromatic carbocycles. The molecule has 26 heavy (non-hydrogen) atoms. The first-order valence-corrected chi connectivity index (χ1v) is 8.26. The molecule has 1 amide bonds. The van der Waals surface area contributed by atoms with Crippen LogP contribution >= 0.6 is 0 Å². The van der Waals surface area contributed by atoms with E-state index in [-0.39, 0.29) is 5.57 Å². The molecule has 0 atom stereocenters. The molecule has 0 aliphatic carbocycles. The molecule has 128 valence electrons. The van der Waals surface area contributed by atoms with E-state index < -0.39 is 5.91 Å². The molecule has 3 aromatic rings. The number of nitriles is 1. The average Bonchev–Trinajstić information content (AvgIpc) is 2.66. The predicted octanol–water partition coefficient (Wildman–Crippen LogP) is 4.45. The summed E-state index contributed by atoms with van der Waals surface area (Å²) in [6.07, 6.45) is 1.59. The Kier molecular flexibility index (Phi) is 5.00. The number of nitrogens with zero attached hydrogens (tertiary/aromatic N) is 2. The second kappa shape index (κ2) is 7.54. The van der Waals surface area contributed by atoms with E-state index in [1.54, 1.807) is 6.08 Å². The van der Waals surface area contributed by atoms with Gasteiger partial charge in [-0.25, -0.2) is 0 Å². The highest BCUT2D eigenvalue weighted by molar-refractivity contribution is 6.10. The molecule has 4 heteroatoms. The summed E-state index contributed by atoms with van der Waals surface area (Å²) in [5.41, 5.74) is 2.59. The molecule has 0 saturated carbocycles. The van der Waals surface area contributed by atoms with E-state index in [1.165, 1.54) is 0 Å². The van der Waals surface area contributed by atoms with Crippen molar-refractivity contribution in [2.24, 2.45) is 0 Å². The summed E-state index contributed by atoms with van der Waals surface area (Å²) >= 11 is 0. The van der Waals surface area contributed by atoms with Crippen LogP contribution < -0.4 is 10.2 Å². The van der Waals surface area contributed by atoms with Crippen molar-refractivity contribution >= 4 is 34.1 Å². The number of carbonyl (C=O) groups is 1. The third kappa shape index (κ3) is 3.90. The first-order valence-electron chi connectivity index (χ1n) is 8.26. The molecular formula is C22H19N3O. The maximum atomic E-state index is 12.4. The molecule has 0 aromatic heterocycles. The Morgan fingerprint density at radius 2 is 1.69 bits per heavy atom. The molecule has 0 saturated heterocycles. The van der Waals surface area contributed by atoms with Gasteiger partial charge >= 0.3 is 0 Å². The molecule has 1 N–H and O–H groups in total. The van der Waals surface area contributed by atoms with Crippen LogP contribution in [0.3, 0.4) is 0 Å². The molecule has 3 rings (SSSR count). The Balaban J connectivity index is 1.80. The number of nitrogens with one attached hydrogen (secondary N) is 1. The van der Waals surface area contributed by atoms with Gasteiger partial charge < -0.3 is 10.2 Å². The smallest absolute Gasteiger partial charge is 0.266 e. The van der Waals surface area contributed by atoms with Crippen molar-refractivity contribution in [3.63, 3.8) is 0 Å². The van der Waals surface area contributed by atoms with Gasteiger partial charge in [-0.15, -0.1) is 0 Å². The van der Waals surface area contributed by atoms with Crippen LogP contribution in [0, 0.1) is 11.3 Å². The highest BCUT2D eigenvalue weighted by Gasteiger charge is 2.10. The SMILES string of the molecule is CN(C)c1ccc(C=C(C#N)C(=O)Nc2ccc3ccccc3c2)cc1. The summed E-state index contributed by atoms with van der Waals surface area (Å²) in [5.74, 6) is -0.417. The molecule has 0 aliphatic heterocycles. The average molecular weight is 341 g/mol. The van der Waals surface area contributed by atoms with Gasteiger partial charge in [-0.2, -0.15) is 5.26 Å². The van der Waals surface area contributed by atoms with E-state index >= 15 is 0 Å². The standard InChI is InChI=1S/C22H19N3O/c1-25(2)21-11-7-16(8-12-21)13-19(15-23)22(26)24-20-10-9-17-5-3-4-6-18(17)14-20/h3-14H,1-2H3,(H,24,26). The summed E-state index contributed by atoms with van der Waals surface area (Å²) in [6.45, 7) is 0. The zero-order chi connectivity index (χ0) is 18.5. The molecule has 0 spiro atoms. The van der Waals surface area contributed by atoms with Crippen LogP contribution in [0.2, 0.25) is 0 Å². The van der Waals surface area contributed by atoms with Gasteiger partial charge in [0.05, 0.1) is 0 Å². The minimum Gasteiger partial charge on any atom is -0.378 e. The Hall–Kier alpha value is -3.58. The van der Waals surface area contributed by atoms with E-state index in [0.717, 1.165) is 22.0 Å². The summed E-state index contributed by atoms with van der Waals surface area (Å²) in [6, 6.07) is 23.2. The number of rotatable bonds is 4. The Morgan fingerprint density at radius 3 is 2.35 bits per heavy atom. The lowest BCUT2D eigenvalue weighted by atomic mass is 10.1. The lowest BCUT2D eigenvalue weighted by molar-refractivity contribution is -0.112. The van der Waals surface area contributed by atoms with E-state index in [4.69, 9.17) is 0 Å². The number of anilines is 2. The summed E-state index contributed by atoms with van der Waals surface area (Å²) in [5, 5.41) is 14.3. The van der Waals surface area contributed by atoms with Crippen LogP contribution in [0.1, 0.15) is 5.56 Å². The Bertz CT molecular complexity index is 1010. The number of hydrogen-bond donors (Lipinski definition) is 1. The van der Waals surface area contributed by atoms with Crippen molar-refractivity contribution in [1.82, 2.24) is 0 Å². The number of amides is 1. The van der Waals surface area contributed by atoms with E-state index in [2.05, 4.69) is 5.32 Å². The van der Waals surface area contributed by atoms with Gasteiger partial charge in [0.25, 0.3) is 5.91 Å². The highest BCUT2D eigenvalue weighted by Crippen LogP contribution is 2.20. The van der Waals surface area contributed by atoms with Crippen molar-refractivity contribution in [2.45, 2.75) is 0 Å². The van der Waals surface area contributed by atoms with Crippen LogP contribution in [0.5, 0.6) is 0 Å². The third-order valence-corrected chi connectivity index (χ3v) is 4.09. The lowest BCUT2D eigenvalue weighted by Gasteiger charge is -2.12. The van der Waals surface area contributed by atoms with Gasteiger partial charge in [0.1, 0.15) is 11.6 Å². The quantitative estimate of drug-likeness (QED) is 0.563. The number of fused-ring (bicyclic) bond motifs is 1.